The lowest BCUT2D eigenvalue weighted by Gasteiger charge is -2.47. The Balaban J connectivity index is 1.46. The fourth-order valence-corrected chi connectivity index (χ4v) is 3.84. The zero-order valence-electron chi connectivity index (χ0n) is 11.6. The normalized spacial score (nSPS) is 25.9. The van der Waals surface area contributed by atoms with Gasteiger partial charge in [-0.3, -0.25) is 4.90 Å². The molecule has 0 atom stereocenters. The summed E-state index contributed by atoms with van der Waals surface area (Å²) < 4.78 is 13.4. The van der Waals surface area contributed by atoms with Crippen molar-refractivity contribution >= 4 is 15.9 Å². The predicted octanol–water partition coefficient (Wildman–Crippen LogP) is 3.70. The molecule has 108 valence electrons. The molecular formula is C16H20BrNO2. The number of rotatable bonds is 1. The molecule has 1 saturated heterocycles. The molecule has 0 aromatic heterocycles. The van der Waals surface area contributed by atoms with Crippen molar-refractivity contribution in [1.29, 1.82) is 0 Å². The van der Waals surface area contributed by atoms with Crippen LogP contribution >= 0.6 is 15.9 Å². The number of hydrogen-bond acceptors (Lipinski definition) is 3. The molecule has 0 radical (unpaired) electrons. The van der Waals surface area contributed by atoms with Gasteiger partial charge < -0.3 is 9.47 Å². The standard InChI is InChI=1S/C16H20BrNO2/c17-13-4-5-15-12(10-13)11-19-16(20-15)6-8-18(9-7-16)14-2-1-3-14/h4-5,10,14H,1-3,6-9,11H2. The molecule has 1 saturated carbocycles. The van der Waals surface area contributed by atoms with E-state index in [1.165, 1.54) is 19.3 Å². The highest BCUT2D eigenvalue weighted by molar-refractivity contribution is 9.10. The predicted molar refractivity (Wildman–Crippen MR) is 80.7 cm³/mol. The van der Waals surface area contributed by atoms with E-state index in [4.69, 9.17) is 9.47 Å². The molecule has 0 unspecified atom stereocenters. The Hall–Kier alpha value is -0.580. The van der Waals surface area contributed by atoms with Gasteiger partial charge in [-0.15, -0.1) is 0 Å². The quantitative estimate of drug-likeness (QED) is 0.779. The summed E-state index contributed by atoms with van der Waals surface area (Å²) >= 11 is 3.50. The largest absolute Gasteiger partial charge is 0.462 e. The Morgan fingerprint density at radius 3 is 2.70 bits per heavy atom. The fourth-order valence-electron chi connectivity index (χ4n) is 3.43. The first-order valence-corrected chi connectivity index (χ1v) is 8.39. The third-order valence-corrected chi connectivity index (χ3v) is 5.45. The summed E-state index contributed by atoms with van der Waals surface area (Å²) in [5.41, 5.74) is 1.14. The van der Waals surface area contributed by atoms with Crippen molar-refractivity contribution in [3.8, 4) is 5.75 Å². The van der Waals surface area contributed by atoms with Crippen LogP contribution in [0.5, 0.6) is 5.75 Å². The SMILES string of the molecule is Brc1ccc2c(c1)COC1(CCN(C3CCC3)CC1)O2. The van der Waals surface area contributed by atoms with Crippen molar-refractivity contribution in [2.24, 2.45) is 0 Å². The number of halogens is 1. The first kappa shape index (κ1) is 13.1. The lowest BCUT2D eigenvalue weighted by atomic mass is 9.89. The minimum absolute atomic E-state index is 0.374. The van der Waals surface area contributed by atoms with E-state index in [0.29, 0.717) is 6.61 Å². The highest BCUT2D eigenvalue weighted by Crippen LogP contribution is 2.39. The molecule has 4 rings (SSSR count). The van der Waals surface area contributed by atoms with Gasteiger partial charge in [-0.25, -0.2) is 0 Å². The van der Waals surface area contributed by atoms with Crippen LogP contribution in [0.2, 0.25) is 0 Å². The third-order valence-electron chi connectivity index (χ3n) is 4.96. The van der Waals surface area contributed by atoms with Gasteiger partial charge in [-0.05, 0) is 31.0 Å². The Kier molecular flexibility index (Phi) is 3.28. The summed E-state index contributed by atoms with van der Waals surface area (Å²) in [6.07, 6.45) is 6.14. The maximum atomic E-state index is 6.23. The van der Waals surface area contributed by atoms with E-state index in [-0.39, 0.29) is 5.79 Å². The van der Waals surface area contributed by atoms with Gasteiger partial charge in [0.1, 0.15) is 5.75 Å². The molecule has 20 heavy (non-hydrogen) atoms. The minimum atomic E-state index is -0.374. The van der Waals surface area contributed by atoms with Crippen LogP contribution in [0.15, 0.2) is 22.7 Å². The molecule has 1 aromatic rings. The van der Waals surface area contributed by atoms with E-state index >= 15 is 0 Å². The Morgan fingerprint density at radius 2 is 2.00 bits per heavy atom. The zero-order chi connectivity index (χ0) is 13.6. The van der Waals surface area contributed by atoms with E-state index in [1.54, 1.807) is 0 Å². The molecule has 2 aliphatic heterocycles. The van der Waals surface area contributed by atoms with Gasteiger partial charge in [0.05, 0.1) is 6.61 Å². The van der Waals surface area contributed by atoms with Crippen LogP contribution < -0.4 is 4.74 Å². The molecule has 4 heteroatoms. The first-order valence-electron chi connectivity index (χ1n) is 7.60. The van der Waals surface area contributed by atoms with E-state index in [9.17, 15) is 0 Å². The summed E-state index contributed by atoms with van der Waals surface area (Å²) in [6.45, 7) is 2.88. The molecule has 1 spiro atoms. The Labute approximate surface area is 128 Å². The van der Waals surface area contributed by atoms with Gasteiger partial charge in [-0.1, -0.05) is 22.4 Å². The molecule has 3 nitrogen and oxygen atoms in total. The molecule has 1 aromatic carbocycles. The summed E-state index contributed by atoms with van der Waals surface area (Å²) in [6, 6.07) is 7.02. The van der Waals surface area contributed by atoms with Crippen LogP contribution in [0.3, 0.4) is 0 Å². The Bertz CT molecular complexity index is 507. The number of fused-ring (bicyclic) bond motifs is 1. The van der Waals surface area contributed by atoms with Crippen molar-refractivity contribution in [3.63, 3.8) is 0 Å². The highest BCUT2D eigenvalue weighted by atomic mass is 79.9. The van der Waals surface area contributed by atoms with Crippen LogP contribution in [-0.4, -0.2) is 29.8 Å². The summed E-state index contributed by atoms with van der Waals surface area (Å²) in [7, 11) is 0. The monoisotopic (exact) mass is 337 g/mol. The average molecular weight is 338 g/mol. The summed E-state index contributed by atoms with van der Waals surface area (Å²) in [5.74, 6) is 0.623. The van der Waals surface area contributed by atoms with Crippen LogP contribution in [0.25, 0.3) is 0 Å². The van der Waals surface area contributed by atoms with Gasteiger partial charge in [0.2, 0.25) is 5.79 Å². The van der Waals surface area contributed by atoms with E-state index in [2.05, 4.69) is 33.0 Å². The van der Waals surface area contributed by atoms with E-state index in [1.807, 2.05) is 6.07 Å². The molecular weight excluding hydrogens is 318 g/mol. The summed E-state index contributed by atoms with van der Waals surface area (Å²) in [5, 5.41) is 0. The number of hydrogen-bond donors (Lipinski definition) is 0. The summed E-state index contributed by atoms with van der Waals surface area (Å²) in [4.78, 5) is 2.62. The van der Waals surface area contributed by atoms with Crippen LogP contribution in [-0.2, 0) is 11.3 Å². The molecule has 0 bridgehead atoms. The first-order chi connectivity index (χ1) is 9.74. The second-order valence-corrected chi connectivity index (χ2v) is 7.09. The molecule has 0 N–H and O–H groups in total. The number of likely N-dealkylation sites (tertiary alicyclic amines) is 1. The van der Waals surface area contributed by atoms with Gasteiger partial charge in [0.25, 0.3) is 0 Å². The second kappa shape index (κ2) is 5.00. The van der Waals surface area contributed by atoms with Gasteiger partial charge in [0.15, 0.2) is 0 Å². The van der Waals surface area contributed by atoms with Crippen LogP contribution in [0.1, 0.15) is 37.7 Å². The molecule has 2 fully saturated rings. The van der Waals surface area contributed by atoms with Crippen molar-refractivity contribution in [3.05, 3.63) is 28.2 Å². The smallest absolute Gasteiger partial charge is 0.213 e. The lowest BCUT2D eigenvalue weighted by molar-refractivity contribution is -0.231. The van der Waals surface area contributed by atoms with Gasteiger partial charge >= 0.3 is 0 Å². The number of piperidine rings is 1. The lowest BCUT2D eigenvalue weighted by Crippen LogP contribution is -2.54. The molecule has 3 aliphatic rings. The van der Waals surface area contributed by atoms with Crippen LogP contribution in [0.4, 0.5) is 0 Å². The van der Waals surface area contributed by atoms with Gasteiger partial charge in [-0.2, -0.15) is 0 Å². The highest BCUT2D eigenvalue weighted by Gasteiger charge is 2.42. The molecule has 2 heterocycles. The second-order valence-electron chi connectivity index (χ2n) is 6.17. The van der Waals surface area contributed by atoms with E-state index in [0.717, 1.165) is 47.8 Å². The minimum Gasteiger partial charge on any atom is -0.462 e. The topological polar surface area (TPSA) is 21.7 Å². The van der Waals surface area contributed by atoms with E-state index < -0.39 is 0 Å². The fraction of sp³-hybridized carbons (Fsp3) is 0.625. The number of ether oxygens (including phenoxy) is 2. The van der Waals surface area contributed by atoms with Crippen molar-refractivity contribution in [2.75, 3.05) is 13.1 Å². The van der Waals surface area contributed by atoms with Crippen molar-refractivity contribution in [2.45, 2.75) is 50.5 Å². The number of nitrogens with zero attached hydrogens (tertiary/aromatic N) is 1. The maximum Gasteiger partial charge on any atom is 0.213 e. The Morgan fingerprint density at radius 1 is 1.20 bits per heavy atom. The third kappa shape index (κ3) is 2.28. The average Bonchev–Trinajstić information content (AvgIpc) is 2.40. The van der Waals surface area contributed by atoms with Gasteiger partial charge in [0, 0.05) is 42.0 Å². The van der Waals surface area contributed by atoms with Crippen molar-refractivity contribution in [1.82, 2.24) is 4.90 Å². The molecule has 1 aliphatic carbocycles. The van der Waals surface area contributed by atoms with Crippen LogP contribution in [0, 0.1) is 0 Å². The maximum absolute atomic E-state index is 6.23. The molecule has 0 amide bonds. The zero-order valence-corrected chi connectivity index (χ0v) is 13.2. The number of benzene rings is 1. The van der Waals surface area contributed by atoms with Crippen molar-refractivity contribution < 1.29 is 9.47 Å².